The molecule has 4 heteroatoms. The van der Waals surface area contributed by atoms with Crippen LogP contribution >= 0.6 is 15.9 Å². The van der Waals surface area contributed by atoms with E-state index in [2.05, 4.69) is 15.9 Å². The van der Waals surface area contributed by atoms with Gasteiger partial charge in [0.05, 0.1) is 17.3 Å². The van der Waals surface area contributed by atoms with Gasteiger partial charge in [-0.3, -0.25) is 0 Å². The van der Waals surface area contributed by atoms with Crippen molar-refractivity contribution in [3.8, 4) is 11.5 Å². The predicted octanol–water partition coefficient (Wildman–Crippen LogP) is 2.24. The van der Waals surface area contributed by atoms with Crippen LogP contribution in [0.25, 0.3) is 0 Å². The van der Waals surface area contributed by atoms with Crippen molar-refractivity contribution in [3.63, 3.8) is 0 Å². The Morgan fingerprint density at radius 1 is 1.54 bits per heavy atom. The Kier molecular flexibility index (Phi) is 2.07. The summed E-state index contributed by atoms with van der Waals surface area (Å²) < 4.78 is 11.6. The molecule has 1 aromatic carbocycles. The summed E-state index contributed by atoms with van der Waals surface area (Å²) in [5, 5.41) is 0. The number of rotatable bonds is 1. The van der Waals surface area contributed by atoms with Crippen LogP contribution in [0, 0.1) is 0 Å². The fraction of sp³-hybridized carbons (Fsp3) is 0.333. The molecule has 1 aliphatic rings. The number of ether oxygens (including phenoxy) is 2. The molecule has 70 valence electrons. The van der Waals surface area contributed by atoms with Crippen LogP contribution in [0.15, 0.2) is 16.6 Å². The summed E-state index contributed by atoms with van der Waals surface area (Å²) in [5.41, 5.74) is 1.07. The third-order valence-electron chi connectivity index (χ3n) is 2.06. The van der Waals surface area contributed by atoms with E-state index in [0.717, 1.165) is 21.7 Å². The summed E-state index contributed by atoms with van der Waals surface area (Å²) in [5.74, 6) is 1.58. The number of benzene rings is 1. The Hall–Kier alpha value is -0.900. The van der Waals surface area contributed by atoms with Crippen molar-refractivity contribution in [2.24, 2.45) is 0 Å². The SMILES string of the molecule is COc1c(Br)ccc2c1OCN2C. The summed E-state index contributed by atoms with van der Waals surface area (Å²) in [4.78, 5) is 2.03. The average Bonchev–Trinajstić information content (AvgIpc) is 2.48. The topological polar surface area (TPSA) is 21.7 Å². The lowest BCUT2D eigenvalue weighted by Gasteiger charge is -2.09. The summed E-state index contributed by atoms with van der Waals surface area (Å²) in [6.45, 7) is 0.585. The second-order valence-electron chi connectivity index (χ2n) is 2.90. The van der Waals surface area contributed by atoms with Gasteiger partial charge in [0, 0.05) is 7.05 Å². The zero-order chi connectivity index (χ0) is 9.42. The third-order valence-corrected chi connectivity index (χ3v) is 2.69. The first-order chi connectivity index (χ1) is 6.24. The normalized spacial score (nSPS) is 13.9. The average molecular weight is 244 g/mol. The van der Waals surface area contributed by atoms with Crippen LogP contribution in [0.3, 0.4) is 0 Å². The van der Waals surface area contributed by atoms with Crippen molar-refractivity contribution in [1.29, 1.82) is 0 Å². The number of halogens is 1. The molecule has 0 amide bonds. The number of nitrogens with zero attached hydrogens (tertiary/aromatic N) is 1. The number of hydrogen-bond donors (Lipinski definition) is 0. The van der Waals surface area contributed by atoms with E-state index in [4.69, 9.17) is 9.47 Å². The van der Waals surface area contributed by atoms with Crippen LogP contribution in [0.1, 0.15) is 0 Å². The first kappa shape index (κ1) is 8.69. The highest BCUT2D eigenvalue weighted by Gasteiger charge is 2.22. The molecule has 0 saturated carbocycles. The lowest BCUT2D eigenvalue weighted by molar-refractivity contribution is 0.323. The number of methoxy groups -OCH3 is 1. The Labute approximate surface area is 85.4 Å². The summed E-state index contributed by atoms with van der Waals surface area (Å²) >= 11 is 3.41. The van der Waals surface area contributed by atoms with E-state index < -0.39 is 0 Å². The Morgan fingerprint density at radius 3 is 3.00 bits per heavy atom. The Bertz CT molecular complexity index is 341. The summed E-state index contributed by atoms with van der Waals surface area (Å²) in [7, 11) is 3.63. The third kappa shape index (κ3) is 1.25. The zero-order valence-corrected chi connectivity index (χ0v) is 9.09. The van der Waals surface area contributed by atoms with E-state index in [-0.39, 0.29) is 0 Å². The van der Waals surface area contributed by atoms with Gasteiger partial charge in [-0.15, -0.1) is 0 Å². The fourth-order valence-corrected chi connectivity index (χ4v) is 1.86. The Morgan fingerprint density at radius 2 is 2.31 bits per heavy atom. The monoisotopic (exact) mass is 243 g/mol. The number of fused-ring (bicyclic) bond motifs is 1. The second kappa shape index (κ2) is 3.10. The lowest BCUT2D eigenvalue weighted by Crippen LogP contribution is -2.14. The highest BCUT2D eigenvalue weighted by molar-refractivity contribution is 9.10. The van der Waals surface area contributed by atoms with Crippen molar-refractivity contribution >= 4 is 21.6 Å². The van der Waals surface area contributed by atoms with Crippen LogP contribution in [-0.4, -0.2) is 20.9 Å². The van der Waals surface area contributed by atoms with E-state index in [1.165, 1.54) is 0 Å². The molecular formula is C9H10BrNO2. The first-order valence-electron chi connectivity index (χ1n) is 3.94. The molecule has 0 spiro atoms. The molecule has 1 aromatic rings. The van der Waals surface area contributed by atoms with Crippen LogP contribution < -0.4 is 14.4 Å². The van der Waals surface area contributed by atoms with Crippen molar-refractivity contribution in [2.75, 3.05) is 25.8 Å². The molecule has 1 aliphatic heterocycles. The lowest BCUT2D eigenvalue weighted by atomic mass is 10.2. The fourth-order valence-electron chi connectivity index (χ4n) is 1.39. The van der Waals surface area contributed by atoms with Crippen LogP contribution in [-0.2, 0) is 0 Å². The molecule has 3 nitrogen and oxygen atoms in total. The molecule has 0 radical (unpaired) electrons. The molecule has 0 aliphatic carbocycles. The molecule has 13 heavy (non-hydrogen) atoms. The van der Waals surface area contributed by atoms with Gasteiger partial charge in [0.2, 0.25) is 0 Å². The van der Waals surface area contributed by atoms with Gasteiger partial charge >= 0.3 is 0 Å². The van der Waals surface area contributed by atoms with Crippen molar-refractivity contribution in [1.82, 2.24) is 0 Å². The van der Waals surface area contributed by atoms with Crippen molar-refractivity contribution < 1.29 is 9.47 Å². The Balaban J connectivity index is 2.57. The van der Waals surface area contributed by atoms with Gasteiger partial charge < -0.3 is 14.4 Å². The maximum Gasteiger partial charge on any atom is 0.188 e. The van der Waals surface area contributed by atoms with Crippen LogP contribution in [0.5, 0.6) is 11.5 Å². The molecule has 0 saturated heterocycles. The quantitative estimate of drug-likeness (QED) is 0.756. The van der Waals surface area contributed by atoms with E-state index in [0.29, 0.717) is 6.73 Å². The van der Waals surface area contributed by atoms with E-state index in [9.17, 15) is 0 Å². The number of anilines is 1. The molecule has 0 atom stereocenters. The minimum absolute atomic E-state index is 0.585. The van der Waals surface area contributed by atoms with Gasteiger partial charge in [0.15, 0.2) is 18.2 Å². The maximum absolute atomic E-state index is 5.48. The van der Waals surface area contributed by atoms with Crippen LogP contribution in [0.2, 0.25) is 0 Å². The summed E-state index contributed by atoms with van der Waals surface area (Å²) in [6, 6.07) is 3.97. The first-order valence-corrected chi connectivity index (χ1v) is 4.73. The van der Waals surface area contributed by atoms with Crippen LogP contribution in [0.4, 0.5) is 5.69 Å². The number of hydrogen-bond acceptors (Lipinski definition) is 3. The zero-order valence-electron chi connectivity index (χ0n) is 7.50. The maximum atomic E-state index is 5.48. The van der Waals surface area contributed by atoms with Gasteiger partial charge in [-0.2, -0.15) is 0 Å². The van der Waals surface area contributed by atoms with E-state index in [1.54, 1.807) is 7.11 Å². The summed E-state index contributed by atoms with van der Waals surface area (Å²) in [6.07, 6.45) is 0. The minimum atomic E-state index is 0.585. The van der Waals surface area contributed by atoms with Gasteiger partial charge in [-0.25, -0.2) is 0 Å². The van der Waals surface area contributed by atoms with Gasteiger partial charge in [0.1, 0.15) is 0 Å². The smallest absolute Gasteiger partial charge is 0.188 e. The molecular weight excluding hydrogens is 234 g/mol. The van der Waals surface area contributed by atoms with Gasteiger partial charge in [-0.1, -0.05) is 0 Å². The molecule has 0 unspecified atom stereocenters. The van der Waals surface area contributed by atoms with Crippen molar-refractivity contribution in [3.05, 3.63) is 16.6 Å². The van der Waals surface area contributed by atoms with Crippen molar-refractivity contribution in [2.45, 2.75) is 0 Å². The largest absolute Gasteiger partial charge is 0.492 e. The standard InChI is InChI=1S/C9H10BrNO2/c1-11-5-13-9-7(11)4-3-6(10)8(9)12-2/h3-4H,5H2,1-2H3. The molecule has 0 N–H and O–H groups in total. The molecule has 0 aromatic heterocycles. The minimum Gasteiger partial charge on any atom is -0.492 e. The molecule has 1 heterocycles. The molecule has 0 fully saturated rings. The van der Waals surface area contributed by atoms with Gasteiger partial charge in [-0.05, 0) is 28.1 Å². The molecule has 2 rings (SSSR count). The highest BCUT2D eigenvalue weighted by atomic mass is 79.9. The second-order valence-corrected chi connectivity index (χ2v) is 3.75. The van der Waals surface area contributed by atoms with E-state index in [1.807, 2.05) is 24.1 Å². The molecule has 0 bridgehead atoms. The van der Waals surface area contributed by atoms with Gasteiger partial charge in [0.25, 0.3) is 0 Å². The highest BCUT2D eigenvalue weighted by Crippen LogP contribution is 2.45. The van der Waals surface area contributed by atoms with E-state index >= 15 is 0 Å². The predicted molar refractivity (Wildman–Crippen MR) is 54.6 cm³/mol.